The first kappa shape index (κ1) is 17.0. The molecule has 0 aliphatic rings. The van der Waals surface area contributed by atoms with E-state index in [9.17, 15) is 18.0 Å². The molecule has 0 aromatic carbocycles. The van der Waals surface area contributed by atoms with Crippen molar-refractivity contribution in [2.24, 2.45) is 13.0 Å². The predicted molar refractivity (Wildman–Crippen MR) is 74.5 cm³/mol. The molecule has 126 valence electrons. The summed E-state index contributed by atoms with van der Waals surface area (Å²) in [5.41, 5.74) is 0.238. The van der Waals surface area contributed by atoms with Gasteiger partial charge in [-0.3, -0.25) is 9.78 Å². The number of carbonyl (C=O) groups excluding carboxylic acids is 1. The third kappa shape index (κ3) is 4.33. The second-order valence-corrected chi connectivity index (χ2v) is 5.65. The van der Waals surface area contributed by atoms with E-state index >= 15 is 0 Å². The van der Waals surface area contributed by atoms with Crippen molar-refractivity contribution in [3.05, 3.63) is 35.4 Å². The predicted octanol–water partition coefficient (Wildman–Crippen LogP) is 2.80. The zero-order valence-corrected chi connectivity index (χ0v) is 12.9. The number of esters is 1. The fourth-order valence-corrected chi connectivity index (χ4v) is 2.08. The SMILES string of the molecule is CC(C)Cc1cc(C(=O)OC(c2cnn(C)c2)C(F)(F)F)n[nH]1. The van der Waals surface area contributed by atoms with Crippen LogP contribution in [-0.2, 0) is 18.2 Å². The van der Waals surface area contributed by atoms with Gasteiger partial charge in [0.15, 0.2) is 5.69 Å². The average molecular weight is 330 g/mol. The van der Waals surface area contributed by atoms with E-state index in [2.05, 4.69) is 20.0 Å². The van der Waals surface area contributed by atoms with E-state index in [1.807, 2.05) is 13.8 Å². The van der Waals surface area contributed by atoms with Gasteiger partial charge in [-0.25, -0.2) is 4.79 Å². The standard InChI is InChI=1S/C14H17F3N4O2/c1-8(2)4-10-5-11(20-19-10)13(22)23-12(14(15,16)17)9-6-18-21(3)7-9/h5-8,12H,4H2,1-3H3,(H,19,20). The van der Waals surface area contributed by atoms with Gasteiger partial charge in [0, 0.05) is 24.5 Å². The molecular weight excluding hydrogens is 313 g/mol. The number of ether oxygens (including phenoxy) is 1. The molecule has 2 heterocycles. The third-order valence-electron chi connectivity index (χ3n) is 3.02. The molecule has 0 saturated heterocycles. The zero-order chi connectivity index (χ0) is 17.2. The van der Waals surface area contributed by atoms with Crippen molar-refractivity contribution < 1.29 is 22.7 Å². The molecule has 23 heavy (non-hydrogen) atoms. The fourth-order valence-electron chi connectivity index (χ4n) is 2.08. The molecule has 0 aliphatic heterocycles. The molecule has 2 aromatic heterocycles. The lowest BCUT2D eigenvalue weighted by atomic mass is 10.1. The van der Waals surface area contributed by atoms with Crippen molar-refractivity contribution >= 4 is 5.97 Å². The van der Waals surface area contributed by atoms with Crippen LogP contribution in [0.2, 0.25) is 0 Å². The minimum atomic E-state index is -4.74. The molecule has 2 aromatic rings. The van der Waals surface area contributed by atoms with Crippen molar-refractivity contribution in [1.29, 1.82) is 0 Å². The molecule has 9 heteroatoms. The number of rotatable bonds is 5. The highest BCUT2D eigenvalue weighted by Gasteiger charge is 2.45. The Hall–Kier alpha value is -2.32. The van der Waals surface area contributed by atoms with E-state index in [4.69, 9.17) is 0 Å². The number of alkyl halides is 3. The van der Waals surface area contributed by atoms with Gasteiger partial charge in [0.1, 0.15) is 0 Å². The van der Waals surface area contributed by atoms with Gasteiger partial charge >= 0.3 is 12.1 Å². The summed E-state index contributed by atoms with van der Waals surface area (Å²) in [5.74, 6) is -0.819. The van der Waals surface area contributed by atoms with E-state index in [0.717, 1.165) is 12.4 Å². The Labute approximate surface area is 130 Å². The van der Waals surface area contributed by atoms with E-state index in [1.165, 1.54) is 17.8 Å². The first-order valence-electron chi connectivity index (χ1n) is 6.97. The molecule has 6 nitrogen and oxygen atoms in total. The van der Waals surface area contributed by atoms with Crippen molar-refractivity contribution in [3.8, 4) is 0 Å². The number of halogens is 3. The summed E-state index contributed by atoms with van der Waals surface area (Å²) in [7, 11) is 1.48. The first-order chi connectivity index (χ1) is 10.7. The summed E-state index contributed by atoms with van der Waals surface area (Å²) in [6.07, 6.45) is -4.32. The summed E-state index contributed by atoms with van der Waals surface area (Å²) in [5, 5.41) is 10.0. The molecule has 0 amide bonds. The fraction of sp³-hybridized carbons (Fsp3) is 0.500. The van der Waals surface area contributed by atoms with Gasteiger partial charge in [-0.2, -0.15) is 23.4 Å². The summed E-state index contributed by atoms with van der Waals surface area (Å²) >= 11 is 0. The molecule has 0 fully saturated rings. The lowest BCUT2D eigenvalue weighted by molar-refractivity contribution is -0.207. The van der Waals surface area contributed by atoms with Crippen LogP contribution in [0.15, 0.2) is 18.5 Å². The Bertz CT molecular complexity index is 676. The largest absolute Gasteiger partial charge is 0.443 e. The summed E-state index contributed by atoms with van der Waals surface area (Å²) in [6.45, 7) is 3.95. The molecule has 0 aliphatic carbocycles. The van der Waals surface area contributed by atoms with E-state index in [1.54, 1.807) is 0 Å². The zero-order valence-electron chi connectivity index (χ0n) is 12.9. The quantitative estimate of drug-likeness (QED) is 0.856. The Kier molecular flexibility index (Phi) is 4.76. The monoisotopic (exact) mass is 330 g/mol. The number of aryl methyl sites for hydroxylation is 1. The van der Waals surface area contributed by atoms with Crippen LogP contribution in [0.1, 0.15) is 41.7 Å². The van der Waals surface area contributed by atoms with Gasteiger partial charge in [-0.05, 0) is 18.4 Å². The number of carbonyl (C=O) groups is 1. The van der Waals surface area contributed by atoms with E-state index in [-0.39, 0.29) is 11.3 Å². The average Bonchev–Trinajstić information content (AvgIpc) is 3.03. The number of H-pyrrole nitrogens is 1. The van der Waals surface area contributed by atoms with Crippen LogP contribution >= 0.6 is 0 Å². The van der Waals surface area contributed by atoms with Gasteiger partial charge < -0.3 is 4.74 Å². The minimum absolute atomic E-state index is 0.182. The highest BCUT2D eigenvalue weighted by atomic mass is 19.4. The molecule has 0 saturated carbocycles. The van der Waals surface area contributed by atoms with E-state index in [0.29, 0.717) is 18.0 Å². The lowest BCUT2D eigenvalue weighted by Gasteiger charge is -2.18. The molecule has 1 unspecified atom stereocenters. The Morgan fingerprint density at radius 1 is 1.43 bits per heavy atom. The lowest BCUT2D eigenvalue weighted by Crippen LogP contribution is -2.26. The number of nitrogens with zero attached hydrogens (tertiary/aromatic N) is 3. The van der Waals surface area contributed by atoms with E-state index < -0.39 is 18.2 Å². The highest BCUT2D eigenvalue weighted by Crippen LogP contribution is 2.36. The van der Waals surface area contributed by atoms with Crippen LogP contribution in [0, 0.1) is 5.92 Å². The molecular formula is C14H17F3N4O2. The third-order valence-corrected chi connectivity index (χ3v) is 3.02. The minimum Gasteiger partial charge on any atom is -0.443 e. The summed E-state index contributed by atoms with van der Waals surface area (Å²) in [4.78, 5) is 11.9. The molecule has 2 rings (SSSR count). The van der Waals surface area contributed by atoms with Crippen molar-refractivity contribution in [1.82, 2.24) is 20.0 Å². The van der Waals surface area contributed by atoms with Crippen molar-refractivity contribution in [2.75, 3.05) is 0 Å². The second-order valence-electron chi connectivity index (χ2n) is 5.65. The number of hydrogen-bond donors (Lipinski definition) is 1. The van der Waals surface area contributed by atoms with Gasteiger partial charge in [0.2, 0.25) is 6.10 Å². The smallest absolute Gasteiger partial charge is 0.429 e. The molecule has 0 bridgehead atoms. The van der Waals surface area contributed by atoms with Crippen LogP contribution in [0.25, 0.3) is 0 Å². The number of hydrogen-bond acceptors (Lipinski definition) is 4. The van der Waals surface area contributed by atoms with Crippen LogP contribution in [0.4, 0.5) is 13.2 Å². The van der Waals surface area contributed by atoms with Crippen LogP contribution < -0.4 is 0 Å². The molecule has 1 atom stereocenters. The van der Waals surface area contributed by atoms with Crippen LogP contribution in [0.5, 0.6) is 0 Å². The maximum absolute atomic E-state index is 13.1. The van der Waals surface area contributed by atoms with Crippen molar-refractivity contribution in [3.63, 3.8) is 0 Å². The van der Waals surface area contributed by atoms with Crippen LogP contribution in [0.3, 0.4) is 0 Å². The van der Waals surface area contributed by atoms with Crippen LogP contribution in [-0.4, -0.2) is 32.1 Å². The second kappa shape index (κ2) is 6.43. The Morgan fingerprint density at radius 3 is 2.65 bits per heavy atom. The van der Waals surface area contributed by atoms with Gasteiger partial charge in [-0.15, -0.1) is 0 Å². The summed E-state index contributed by atoms with van der Waals surface area (Å²) < 4.78 is 45.2. The molecule has 0 spiro atoms. The highest BCUT2D eigenvalue weighted by molar-refractivity contribution is 5.87. The normalized spacial score (nSPS) is 13.3. The number of aromatic amines is 1. The van der Waals surface area contributed by atoms with Crippen molar-refractivity contribution in [2.45, 2.75) is 32.5 Å². The number of aromatic nitrogens is 4. The van der Waals surface area contributed by atoms with Gasteiger partial charge in [0.05, 0.1) is 6.20 Å². The number of nitrogens with one attached hydrogen (secondary N) is 1. The first-order valence-corrected chi connectivity index (χ1v) is 6.97. The summed E-state index contributed by atoms with van der Waals surface area (Å²) in [6, 6.07) is 1.40. The molecule has 1 N–H and O–H groups in total. The Balaban J connectivity index is 2.16. The van der Waals surface area contributed by atoms with Gasteiger partial charge in [0.25, 0.3) is 0 Å². The molecule has 0 radical (unpaired) electrons. The maximum atomic E-state index is 13.1. The topological polar surface area (TPSA) is 72.8 Å². The maximum Gasteiger partial charge on any atom is 0.429 e. The Morgan fingerprint density at radius 2 is 2.13 bits per heavy atom. The van der Waals surface area contributed by atoms with Gasteiger partial charge in [-0.1, -0.05) is 13.8 Å².